The number of amides is 1. The summed E-state index contributed by atoms with van der Waals surface area (Å²) in [6.45, 7) is 8.10. The molecule has 39 heavy (non-hydrogen) atoms. The Hall–Kier alpha value is -4.01. The highest BCUT2D eigenvalue weighted by Crippen LogP contribution is 2.41. The summed E-state index contributed by atoms with van der Waals surface area (Å²) >= 11 is 0. The second kappa shape index (κ2) is 10.6. The summed E-state index contributed by atoms with van der Waals surface area (Å²) < 4.78 is 20.4. The molecule has 2 N–H and O–H groups in total. The highest BCUT2D eigenvalue weighted by Gasteiger charge is 2.38. The summed E-state index contributed by atoms with van der Waals surface area (Å²) in [4.78, 5) is 30.9. The number of benzene rings is 2. The Morgan fingerprint density at radius 2 is 1.95 bits per heavy atom. The molecule has 8 nitrogen and oxygen atoms in total. The molecule has 4 aromatic rings. The van der Waals surface area contributed by atoms with Crippen molar-refractivity contribution in [1.82, 2.24) is 20.1 Å². The topological polar surface area (TPSA) is 108 Å². The number of pyridine rings is 1. The van der Waals surface area contributed by atoms with Crippen molar-refractivity contribution in [3.8, 4) is 17.0 Å². The molecular weight excluding hydrogens is 499 g/mol. The number of aliphatic carboxylic acids is 1. The number of ether oxygens (including phenoxy) is 1. The lowest BCUT2D eigenvalue weighted by molar-refractivity contribution is -0.148. The highest BCUT2D eigenvalue weighted by molar-refractivity contribution is 6.06. The first-order valence-corrected chi connectivity index (χ1v) is 13.4. The lowest BCUT2D eigenvalue weighted by Crippen LogP contribution is -2.41. The van der Waals surface area contributed by atoms with Crippen LogP contribution in [0.15, 0.2) is 42.6 Å². The van der Waals surface area contributed by atoms with Crippen molar-refractivity contribution in [3.63, 3.8) is 0 Å². The number of aromatic nitrogens is 3. The molecule has 0 saturated carbocycles. The van der Waals surface area contributed by atoms with Gasteiger partial charge >= 0.3 is 5.97 Å². The van der Waals surface area contributed by atoms with Gasteiger partial charge in [-0.25, -0.2) is 14.2 Å². The number of nitrogens with one attached hydrogen (secondary N) is 1. The number of carbonyl (C=O) groups is 2. The number of hydrogen-bond acceptors (Lipinski definition) is 5. The first-order valence-electron chi connectivity index (χ1n) is 13.4. The summed E-state index contributed by atoms with van der Waals surface area (Å²) in [5.41, 5.74) is 3.46. The molecule has 1 fully saturated rings. The van der Waals surface area contributed by atoms with E-state index in [4.69, 9.17) is 9.72 Å². The van der Waals surface area contributed by atoms with Crippen molar-refractivity contribution >= 4 is 33.6 Å². The molecular formula is C30H33FN4O4. The van der Waals surface area contributed by atoms with E-state index in [1.54, 1.807) is 25.3 Å². The van der Waals surface area contributed by atoms with Crippen LogP contribution in [0.2, 0.25) is 0 Å². The minimum Gasteiger partial charge on any atom is -0.480 e. The van der Waals surface area contributed by atoms with Crippen LogP contribution in [-0.4, -0.2) is 55.8 Å². The Morgan fingerprint density at radius 1 is 1.21 bits per heavy atom. The second-order valence-electron chi connectivity index (χ2n) is 10.6. The van der Waals surface area contributed by atoms with E-state index in [1.807, 2.05) is 13.0 Å². The lowest BCUT2D eigenvalue weighted by atomic mass is 9.92. The summed E-state index contributed by atoms with van der Waals surface area (Å²) in [7, 11) is 0. The molecule has 1 aliphatic heterocycles. The number of hydrogen-bond donors (Lipinski definition) is 2. The van der Waals surface area contributed by atoms with Crippen molar-refractivity contribution in [2.45, 2.75) is 65.0 Å². The van der Waals surface area contributed by atoms with Crippen LogP contribution in [0.5, 0.6) is 5.88 Å². The SMILES string of the molecule is CC[C@@H](C[C@H]1CCN(C(C)C(=O)O)C1=O)Oc1nc(C(C)C)c(-c2ccc(F)cc2)c2cc3cn[nH]c3cc12. The molecule has 0 bridgehead atoms. The molecule has 2 aromatic carbocycles. The molecule has 0 radical (unpaired) electrons. The van der Waals surface area contributed by atoms with Crippen LogP contribution < -0.4 is 4.74 Å². The van der Waals surface area contributed by atoms with Crippen LogP contribution in [0.25, 0.3) is 32.8 Å². The third kappa shape index (κ3) is 5.05. The predicted molar refractivity (Wildman–Crippen MR) is 147 cm³/mol. The molecule has 0 spiro atoms. The van der Waals surface area contributed by atoms with Crippen LogP contribution in [0.4, 0.5) is 4.39 Å². The van der Waals surface area contributed by atoms with Gasteiger partial charge in [-0.05, 0) is 67.3 Å². The number of nitrogens with zero attached hydrogens (tertiary/aromatic N) is 3. The molecule has 0 aliphatic carbocycles. The van der Waals surface area contributed by atoms with Crippen LogP contribution >= 0.6 is 0 Å². The molecule has 3 heterocycles. The van der Waals surface area contributed by atoms with Crippen molar-refractivity contribution < 1.29 is 23.8 Å². The number of carboxylic acid groups (broad SMARTS) is 1. The largest absolute Gasteiger partial charge is 0.480 e. The second-order valence-corrected chi connectivity index (χ2v) is 10.6. The molecule has 3 atom stereocenters. The van der Waals surface area contributed by atoms with Gasteiger partial charge in [0.2, 0.25) is 11.8 Å². The van der Waals surface area contributed by atoms with Gasteiger partial charge in [0, 0.05) is 28.8 Å². The average Bonchev–Trinajstić information content (AvgIpc) is 3.52. The number of H-pyrrole nitrogens is 1. The Balaban J connectivity index is 1.56. The van der Waals surface area contributed by atoms with Crippen LogP contribution in [-0.2, 0) is 9.59 Å². The third-order valence-corrected chi connectivity index (χ3v) is 7.69. The number of aromatic amines is 1. The van der Waals surface area contributed by atoms with Gasteiger partial charge in [-0.3, -0.25) is 9.89 Å². The Bertz CT molecular complexity index is 1530. The fraction of sp³-hybridized carbons (Fsp3) is 0.400. The summed E-state index contributed by atoms with van der Waals surface area (Å²) in [5, 5.41) is 19.2. The molecule has 2 aromatic heterocycles. The predicted octanol–water partition coefficient (Wildman–Crippen LogP) is 5.91. The van der Waals surface area contributed by atoms with Crippen LogP contribution in [0.3, 0.4) is 0 Å². The average molecular weight is 533 g/mol. The van der Waals surface area contributed by atoms with Crippen LogP contribution in [0.1, 0.15) is 58.6 Å². The first-order chi connectivity index (χ1) is 18.7. The molecule has 1 amide bonds. The third-order valence-electron chi connectivity index (χ3n) is 7.69. The summed E-state index contributed by atoms with van der Waals surface area (Å²) in [5.74, 6) is -1.22. The van der Waals surface area contributed by atoms with Gasteiger partial charge in [0.1, 0.15) is 18.0 Å². The quantitative estimate of drug-likeness (QED) is 0.277. The van der Waals surface area contributed by atoms with Gasteiger partial charge in [-0.1, -0.05) is 32.9 Å². The monoisotopic (exact) mass is 532 g/mol. The van der Waals surface area contributed by atoms with E-state index in [0.717, 1.165) is 38.5 Å². The van der Waals surface area contributed by atoms with Gasteiger partial charge in [-0.2, -0.15) is 5.10 Å². The number of likely N-dealkylation sites (tertiary alicyclic amines) is 1. The smallest absolute Gasteiger partial charge is 0.326 e. The highest BCUT2D eigenvalue weighted by atomic mass is 19.1. The molecule has 9 heteroatoms. The summed E-state index contributed by atoms with van der Waals surface area (Å²) in [6, 6.07) is 9.61. The number of fused-ring (bicyclic) bond motifs is 2. The van der Waals surface area contributed by atoms with Gasteiger partial charge in [0.15, 0.2) is 0 Å². The fourth-order valence-electron chi connectivity index (χ4n) is 5.44. The normalized spacial score (nSPS) is 17.3. The molecule has 204 valence electrons. The van der Waals surface area contributed by atoms with Gasteiger partial charge in [-0.15, -0.1) is 0 Å². The first kappa shape index (κ1) is 26.6. The van der Waals surface area contributed by atoms with E-state index in [2.05, 4.69) is 30.1 Å². The number of carboxylic acids is 1. The molecule has 1 aliphatic rings. The zero-order chi connectivity index (χ0) is 27.8. The van der Waals surface area contributed by atoms with E-state index in [0.29, 0.717) is 31.7 Å². The van der Waals surface area contributed by atoms with Crippen molar-refractivity contribution in [2.24, 2.45) is 5.92 Å². The van der Waals surface area contributed by atoms with E-state index in [1.165, 1.54) is 17.0 Å². The molecule has 1 unspecified atom stereocenters. The van der Waals surface area contributed by atoms with E-state index >= 15 is 0 Å². The van der Waals surface area contributed by atoms with Gasteiger partial charge < -0.3 is 14.7 Å². The minimum absolute atomic E-state index is 0.0550. The number of rotatable bonds is 9. The van der Waals surface area contributed by atoms with Crippen molar-refractivity contribution in [1.29, 1.82) is 0 Å². The van der Waals surface area contributed by atoms with E-state index in [-0.39, 0.29) is 29.7 Å². The molecule has 5 rings (SSSR count). The maximum Gasteiger partial charge on any atom is 0.326 e. The standard InChI is InChI=1S/C30H33FN4O4/c1-5-22(12-19-10-11-35(29(19)36)17(4)30(37)38)39-28-24-14-25-20(15-32-34-25)13-23(24)26(27(33-28)16(2)3)18-6-8-21(31)9-7-18/h6-9,13-17,19,22H,5,10-12H2,1-4H3,(H,32,34)(H,37,38)/t17?,19-,22+/m1/s1. The zero-order valence-corrected chi connectivity index (χ0v) is 22.6. The Kier molecular flexibility index (Phi) is 7.25. The lowest BCUT2D eigenvalue weighted by Gasteiger charge is -2.24. The van der Waals surface area contributed by atoms with E-state index in [9.17, 15) is 19.1 Å². The fourth-order valence-corrected chi connectivity index (χ4v) is 5.44. The van der Waals surface area contributed by atoms with Crippen LogP contribution in [0, 0.1) is 11.7 Å². The zero-order valence-electron chi connectivity index (χ0n) is 22.6. The van der Waals surface area contributed by atoms with Gasteiger partial charge in [0.25, 0.3) is 0 Å². The molecule has 1 saturated heterocycles. The summed E-state index contributed by atoms with van der Waals surface area (Å²) in [6.07, 6.45) is 3.21. The number of halogens is 1. The Labute approximate surface area is 226 Å². The number of carbonyl (C=O) groups excluding carboxylic acids is 1. The maximum atomic E-state index is 13.8. The van der Waals surface area contributed by atoms with E-state index < -0.39 is 12.0 Å². The van der Waals surface area contributed by atoms with Gasteiger partial charge in [0.05, 0.1) is 17.4 Å². The van der Waals surface area contributed by atoms with Crippen molar-refractivity contribution in [2.75, 3.05) is 6.54 Å². The van der Waals surface area contributed by atoms with Crippen molar-refractivity contribution in [3.05, 3.63) is 54.1 Å². The Morgan fingerprint density at radius 3 is 2.62 bits per heavy atom. The maximum absolute atomic E-state index is 13.8. The minimum atomic E-state index is -1.00.